The van der Waals surface area contributed by atoms with Crippen molar-refractivity contribution in [2.75, 3.05) is 11.9 Å². The van der Waals surface area contributed by atoms with Gasteiger partial charge in [-0.3, -0.25) is 9.59 Å². The van der Waals surface area contributed by atoms with Crippen LogP contribution < -0.4 is 10.6 Å². The molecule has 7 nitrogen and oxygen atoms in total. The Bertz CT molecular complexity index is 1220. The van der Waals surface area contributed by atoms with Gasteiger partial charge in [0.05, 0.1) is 5.69 Å². The van der Waals surface area contributed by atoms with Crippen molar-refractivity contribution in [1.29, 1.82) is 0 Å². The molecule has 0 bridgehead atoms. The predicted molar refractivity (Wildman–Crippen MR) is 117 cm³/mol. The summed E-state index contributed by atoms with van der Waals surface area (Å²) in [5.41, 5.74) is 3.31. The Morgan fingerprint density at radius 1 is 1.06 bits per heavy atom. The number of benzene rings is 2. The molecular formula is C22H20FN5O2S. The molecule has 0 saturated heterocycles. The average molecular weight is 438 g/mol. The third-order valence-corrected chi connectivity index (χ3v) is 5.61. The van der Waals surface area contributed by atoms with Crippen molar-refractivity contribution in [3.63, 3.8) is 0 Å². The summed E-state index contributed by atoms with van der Waals surface area (Å²) in [5.74, 6) is -1.22. The van der Waals surface area contributed by atoms with Gasteiger partial charge in [-0.2, -0.15) is 4.98 Å². The van der Waals surface area contributed by atoms with Crippen LogP contribution in [0.1, 0.15) is 18.2 Å². The van der Waals surface area contributed by atoms with E-state index in [9.17, 15) is 14.0 Å². The molecule has 0 radical (unpaired) electrons. The maximum Gasteiger partial charge on any atom is 0.313 e. The van der Waals surface area contributed by atoms with E-state index in [1.54, 1.807) is 28.8 Å². The van der Waals surface area contributed by atoms with Gasteiger partial charge < -0.3 is 10.6 Å². The quantitative estimate of drug-likeness (QED) is 0.452. The molecule has 2 heterocycles. The Morgan fingerprint density at radius 3 is 2.52 bits per heavy atom. The molecule has 158 valence electrons. The Labute approximate surface area is 181 Å². The summed E-state index contributed by atoms with van der Waals surface area (Å²) in [5, 5.41) is 11.6. The first-order chi connectivity index (χ1) is 15.0. The number of amides is 2. The van der Waals surface area contributed by atoms with Crippen LogP contribution in [0.15, 0.2) is 53.9 Å². The smallest absolute Gasteiger partial charge is 0.313 e. The zero-order valence-electron chi connectivity index (χ0n) is 16.8. The lowest BCUT2D eigenvalue weighted by molar-refractivity contribution is -0.136. The molecule has 9 heteroatoms. The van der Waals surface area contributed by atoms with Crippen LogP contribution in [0, 0.1) is 5.82 Å². The molecule has 0 aliphatic heterocycles. The van der Waals surface area contributed by atoms with E-state index in [0.717, 1.165) is 23.2 Å². The number of rotatable bonds is 6. The molecule has 0 spiro atoms. The third kappa shape index (κ3) is 4.77. The third-order valence-electron chi connectivity index (χ3n) is 4.75. The highest BCUT2D eigenvalue weighted by atomic mass is 32.1. The zero-order chi connectivity index (χ0) is 21.8. The monoisotopic (exact) mass is 437 g/mol. The molecule has 4 rings (SSSR count). The number of hydrogen-bond acceptors (Lipinski definition) is 5. The van der Waals surface area contributed by atoms with Crippen molar-refractivity contribution in [2.45, 2.75) is 19.8 Å². The Morgan fingerprint density at radius 2 is 1.81 bits per heavy atom. The fourth-order valence-electron chi connectivity index (χ4n) is 3.01. The van der Waals surface area contributed by atoms with Crippen LogP contribution in [0.5, 0.6) is 0 Å². The van der Waals surface area contributed by atoms with Crippen LogP contribution in [0.2, 0.25) is 0 Å². The molecule has 2 aromatic heterocycles. The second kappa shape index (κ2) is 9.05. The maximum absolute atomic E-state index is 13.1. The van der Waals surface area contributed by atoms with Gasteiger partial charge in [0.2, 0.25) is 4.96 Å². The lowest BCUT2D eigenvalue weighted by atomic mass is 10.1. The Balaban J connectivity index is 1.33. The van der Waals surface area contributed by atoms with Crippen molar-refractivity contribution in [1.82, 2.24) is 19.9 Å². The summed E-state index contributed by atoms with van der Waals surface area (Å²) < 4.78 is 14.8. The van der Waals surface area contributed by atoms with E-state index < -0.39 is 11.8 Å². The fraction of sp³-hybridized carbons (Fsp3) is 0.182. The fourth-order valence-corrected chi connectivity index (χ4v) is 3.87. The Hall–Kier alpha value is -3.59. The van der Waals surface area contributed by atoms with E-state index in [1.807, 2.05) is 24.4 Å². The number of nitrogens with zero attached hydrogens (tertiary/aromatic N) is 3. The van der Waals surface area contributed by atoms with Gasteiger partial charge in [0.15, 0.2) is 5.82 Å². The van der Waals surface area contributed by atoms with Crippen LogP contribution in [0.25, 0.3) is 16.3 Å². The first-order valence-corrected chi connectivity index (χ1v) is 10.7. The van der Waals surface area contributed by atoms with Crippen LogP contribution in [0.4, 0.5) is 10.1 Å². The highest BCUT2D eigenvalue weighted by Crippen LogP contribution is 2.21. The van der Waals surface area contributed by atoms with Crippen molar-refractivity contribution in [2.24, 2.45) is 0 Å². The topological polar surface area (TPSA) is 88.4 Å². The molecule has 4 aromatic rings. The molecule has 0 saturated carbocycles. The van der Waals surface area contributed by atoms with Gasteiger partial charge in [-0.25, -0.2) is 8.91 Å². The predicted octanol–water partition coefficient (Wildman–Crippen LogP) is 3.46. The number of aryl methyl sites for hydroxylation is 1. The second-order valence-corrected chi connectivity index (χ2v) is 7.71. The van der Waals surface area contributed by atoms with E-state index in [-0.39, 0.29) is 12.4 Å². The summed E-state index contributed by atoms with van der Waals surface area (Å²) in [6.07, 6.45) is 1.39. The molecule has 0 unspecified atom stereocenters. The number of carbonyl (C=O) groups excluding carboxylic acids is 2. The van der Waals surface area contributed by atoms with Gasteiger partial charge in [0.25, 0.3) is 0 Å². The minimum Gasteiger partial charge on any atom is -0.347 e. The van der Waals surface area contributed by atoms with Gasteiger partial charge in [-0.05, 0) is 48.4 Å². The Kier molecular flexibility index (Phi) is 6.03. The number of fused-ring (bicyclic) bond motifs is 1. The van der Waals surface area contributed by atoms with Gasteiger partial charge >= 0.3 is 11.8 Å². The second-order valence-electron chi connectivity index (χ2n) is 6.87. The maximum atomic E-state index is 13.1. The molecule has 2 aromatic carbocycles. The highest BCUT2D eigenvalue weighted by Gasteiger charge is 2.15. The summed E-state index contributed by atoms with van der Waals surface area (Å²) >= 11 is 1.43. The molecule has 0 aliphatic rings. The number of halogens is 1. The van der Waals surface area contributed by atoms with Gasteiger partial charge in [0, 0.05) is 29.6 Å². The van der Waals surface area contributed by atoms with Gasteiger partial charge in [-0.15, -0.1) is 16.4 Å². The van der Waals surface area contributed by atoms with Crippen molar-refractivity contribution in [3.05, 3.63) is 71.0 Å². The summed E-state index contributed by atoms with van der Waals surface area (Å²) in [6.45, 7) is 2.32. The lowest BCUT2D eigenvalue weighted by Crippen LogP contribution is -2.36. The summed E-state index contributed by atoms with van der Waals surface area (Å²) in [7, 11) is 0. The van der Waals surface area contributed by atoms with Crippen LogP contribution in [-0.2, 0) is 22.4 Å². The van der Waals surface area contributed by atoms with Crippen LogP contribution in [0.3, 0.4) is 0 Å². The normalized spacial score (nSPS) is 10.9. The largest absolute Gasteiger partial charge is 0.347 e. The average Bonchev–Trinajstić information content (AvgIpc) is 3.36. The molecule has 0 fully saturated rings. The highest BCUT2D eigenvalue weighted by molar-refractivity contribution is 7.15. The molecule has 31 heavy (non-hydrogen) atoms. The van der Waals surface area contributed by atoms with E-state index in [4.69, 9.17) is 0 Å². The molecule has 2 N–H and O–H groups in total. The van der Waals surface area contributed by atoms with E-state index >= 15 is 0 Å². The first-order valence-electron chi connectivity index (χ1n) is 9.80. The minimum absolute atomic E-state index is 0.276. The molecule has 0 atom stereocenters. The lowest BCUT2D eigenvalue weighted by Gasteiger charge is -2.07. The standard InChI is InChI=1S/C22H20FN5O2S/c1-2-14-3-9-17(10-4-14)25-21(30)20(29)24-12-11-18-13-31-22-26-19(27-28(18)22)15-5-7-16(23)8-6-15/h3-10,13H,2,11-12H2,1H3,(H,24,29)(H,25,30). The van der Waals surface area contributed by atoms with Crippen LogP contribution >= 0.6 is 11.3 Å². The number of carbonyl (C=O) groups is 2. The van der Waals surface area contributed by atoms with Crippen LogP contribution in [-0.4, -0.2) is 33.0 Å². The SMILES string of the molecule is CCc1ccc(NC(=O)C(=O)NCCc2csc3nc(-c4ccc(F)cc4)nn23)cc1. The van der Waals surface area contributed by atoms with Gasteiger partial charge in [0.1, 0.15) is 5.82 Å². The minimum atomic E-state index is -0.709. The van der Waals surface area contributed by atoms with Gasteiger partial charge in [-0.1, -0.05) is 19.1 Å². The van der Waals surface area contributed by atoms with E-state index in [1.165, 1.54) is 23.5 Å². The van der Waals surface area contributed by atoms with Crippen molar-refractivity contribution < 1.29 is 14.0 Å². The number of nitrogens with one attached hydrogen (secondary N) is 2. The number of hydrogen-bond donors (Lipinski definition) is 2. The molecule has 2 amide bonds. The zero-order valence-corrected chi connectivity index (χ0v) is 17.6. The van der Waals surface area contributed by atoms with E-state index in [0.29, 0.717) is 22.9 Å². The number of anilines is 1. The summed E-state index contributed by atoms with van der Waals surface area (Å²) in [4.78, 5) is 29.3. The molecular weight excluding hydrogens is 417 g/mol. The number of thiazole rings is 1. The first kappa shape index (κ1) is 20.7. The van der Waals surface area contributed by atoms with Crippen molar-refractivity contribution in [3.8, 4) is 11.4 Å². The molecule has 0 aliphatic carbocycles. The van der Waals surface area contributed by atoms with E-state index in [2.05, 4.69) is 20.7 Å². The summed E-state index contributed by atoms with van der Waals surface area (Å²) in [6, 6.07) is 13.4. The van der Waals surface area contributed by atoms with Crippen molar-refractivity contribution >= 4 is 33.8 Å². The number of aromatic nitrogens is 3.